The van der Waals surface area contributed by atoms with E-state index < -0.39 is 5.97 Å². The smallest absolute Gasteiger partial charge is 0.327 e. The minimum absolute atomic E-state index is 0.0735. The van der Waals surface area contributed by atoms with Crippen LogP contribution in [0.5, 0.6) is 5.75 Å². The molecule has 4 rings (SSSR count). The summed E-state index contributed by atoms with van der Waals surface area (Å²) in [4.78, 5) is 30.5. The molecule has 0 aliphatic carbocycles. The maximum absolute atomic E-state index is 13.1. The first kappa shape index (κ1) is 27.0. The number of tetrazole rings is 1. The number of nitrogens with one attached hydrogen (secondary N) is 1. The number of aromatic nitrogens is 5. The molecule has 0 aliphatic rings. The van der Waals surface area contributed by atoms with Crippen LogP contribution in [0.2, 0.25) is 0 Å². The largest absolute Gasteiger partial charge is 0.494 e. The molecule has 0 amide bonds. The van der Waals surface area contributed by atoms with Gasteiger partial charge in [0.25, 0.3) is 5.56 Å². The molecule has 4 aromatic rings. The van der Waals surface area contributed by atoms with Crippen LogP contribution in [0.25, 0.3) is 10.9 Å². The van der Waals surface area contributed by atoms with E-state index in [1.807, 2.05) is 56.3 Å². The summed E-state index contributed by atoms with van der Waals surface area (Å²) >= 11 is 0. The summed E-state index contributed by atoms with van der Waals surface area (Å²) < 4.78 is 12.2. The Hall–Kier alpha value is -4.05. The molecule has 0 radical (unpaired) electrons. The Bertz CT molecular complexity index is 1400. The second kappa shape index (κ2) is 13.0. The fraction of sp³-hybridized carbons (Fsp3) is 0.393. The first-order chi connectivity index (χ1) is 18.5. The monoisotopic (exact) mass is 518 g/mol. The lowest BCUT2D eigenvalue weighted by Crippen LogP contribution is -2.34. The number of aromatic amines is 1. The molecule has 0 saturated carbocycles. The maximum Gasteiger partial charge on any atom is 0.327 e. The molecule has 0 unspecified atom stereocenters. The zero-order chi connectivity index (χ0) is 26.9. The predicted molar refractivity (Wildman–Crippen MR) is 144 cm³/mol. The quantitative estimate of drug-likeness (QED) is 0.267. The van der Waals surface area contributed by atoms with Gasteiger partial charge in [0.05, 0.1) is 19.3 Å². The molecule has 2 aromatic carbocycles. The lowest BCUT2D eigenvalue weighted by molar-refractivity contribution is -0.144. The van der Waals surface area contributed by atoms with Crippen molar-refractivity contribution in [1.82, 2.24) is 30.1 Å². The summed E-state index contributed by atoms with van der Waals surface area (Å²) in [6, 6.07) is 17.5. The van der Waals surface area contributed by atoms with Gasteiger partial charge < -0.3 is 14.5 Å². The van der Waals surface area contributed by atoms with E-state index in [1.165, 1.54) is 10.2 Å². The Labute approximate surface area is 221 Å². The number of H-pyrrole nitrogens is 1. The fourth-order valence-corrected chi connectivity index (χ4v) is 4.58. The first-order valence-electron chi connectivity index (χ1n) is 13.0. The van der Waals surface area contributed by atoms with Crippen molar-refractivity contribution in [3.05, 3.63) is 81.9 Å². The molecule has 0 bridgehead atoms. The van der Waals surface area contributed by atoms with Crippen molar-refractivity contribution in [2.24, 2.45) is 0 Å². The van der Waals surface area contributed by atoms with Gasteiger partial charge in [0.1, 0.15) is 12.3 Å². The Kier molecular flexibility index (Phi) is 9.21. The number of carbonyl (C=O) groups is 1. The molecular weight excluding hydrogens is 484 g/mol. The van der Waals surface area contributed by atoms with Gasteiger partial charge in [-0.05, 0) is 66.9 Å². The molecule has 38 heavy (non-hydrogen) atoms. The SMILES string of the molecule is CCOC(=O)Cn1nnnc1[C@@H](CC)N(CCc1ccccc1)Cc1cc2cc(OCC)ccc2[nH]c1=O. The minimum atomic E-state index is -0.400. The van der Waals surface area contributed by atoms with Gasteiger partial charge in [-0.1, -0.05) is 37.3 Å². The van der Waals surface area contributed by atoms with Crippen LogP contribution in [0.15, 0.2) is 59.4 Å². The number of hydrogen-bond donors (Lipinski definition) is 1. The van der Waals surface area contributed by atoms with E-state index >= 15 is 0 Å². The second-order valence-electron chi connectivity index (χ2n) is 8.94. The van der Waals surface area contributed by atoms with Crippen molar-refractivity contribution in [3.63, 3.8) is 0 Å². The number of ether oxygens (including phenoxy) is 2. The summed E-state index contributed by atoms with van der Waals surface area (Å²) in [7, 11) is 0. The highest BCUT2D eigenvalue weighted by Gasteiger charge is 2.26. The van der Waals surface area contributed by atoms with E-state index in [1.54, 1.807) is 6.92 Å². The highest BCUT2D eigenvalue weighted by molar-refractivity contribution is 5.80. The Morgan fingerprint density at radius 3 is 2.63 bits per heavy atom. The number of esters is 1. The van der Waals surface area contributed by atoms with Crippen LogP contribution >= 0.6 is 0 Å². The summed E-state index contributed by atoms with van der Waals surface area (Å²) in [5.74, 6) is 0.913. The second-order valence-corrected chi connectivity index (χ2v) is 8.94. The molecule has 0 aliphatic heterocycles. The molecule has 2 aromatic heterocycles. The van der Waals surface area contributed by atoms with Crippen LogP contribution in [0.3, 0.4) is 0 Å². The Morgan fingerprint density at radius 1 is 1.08 bits per heavy atom. The van der Waals surface area contributed by atoms with E-state index in [9.17, 15) is 9.59 Å². The molecule has 0 saturated heterocycles. The lowest BCUT2D eigenvalue weighted by atomic mass is 10.1. The Balaban J connectivity index is 1.67. The van der Waals surface area contributed by atoms with E-state index in [0.29, 0.717) is 37.5 Å². The van der Waals surface area contributed by atoms with Crippen LogP contribution in [0, 0.1) is 0 Å². The van der Waals surface area contributed by atoms with Crippen LogP contribution in [-0.2, 0) is 29.0 Å². The summed E-state index contributed by atoms with van der Waals surface area (Å²) in [5.41, 5.74) is 2.42. The van der Waals surface area contributed by atoms with E-state index in [0.717, 1.165) is 23.1 Å². The number of hydrogen-bond acceptors (Lipinski definition) is 8. The van der Waals surface area contributed by atoms with Crippen molar-refractivity contribution >= 4 is 16.9 Å². The molecule has 2 heterocycles. The van der Waals surface area contributed by atoms with Gasteiger partial charge in [-0.25, -0.2) is 4.68 Å². The number of pyridine rings is 1. The van der Waals surface area contributed by atoms with Crippen molar-refractivity contribution in [3.8, 4) is 5.75 Å². The van der Waals surface area contributed by atoms with E-state index in [4.69, 9.17) is 9.47 Å². The van der Waals surface area contributed by atoms with Gasteiger partial charge >= 0.3 is 5.97 Å². The zero-order valence-electron chi connectivity index (χ0n) is 22.1. The minimum Gasteiger partial charge on any atom is -0.494 e. The number of carbonyl (C=O) groups excluding carboxylic acids is 1. The lowest BCUT2D eigenvalue weighted by Gasteiger charge is -2.30. The van der Waals surface area contributed by atoms with Crippen molar-refractivity contribution in [2.75, 3.05) is 19.8 Å². The van der Waals surface area contributed by atoms with Crippen LogP contribution in [-0.4, -0.2) is 55.8 Å². The predicted octanol–water partition coefficient (Wildman–Crippen LogP) is 3.67. The van der Waals surface area contributed by atoms with Crippen LogP contribution in [0.4, 0.5) is 0 Å². The molecular formula is C28H34N6O4. The molecule has 200 valence electrons. The van der Waals surface area contributed by atoms with Crippen molar-refractivity contribution < 1.29 is 14.3 Å². The number of nitrogens with zero attached hydrogens (tertiary/aromatic N) is 5. The van der Waals surface area contributed by atoms with Crippen molar-refractivity contribution in [2.45, 2.75) is 52.7 Å². The van der Waals surface area contributed by atoms with E-state index in [2.05, 4.69) is 37.5 Å². The van der Waals surface area contributed by atoms with Gasteiger partial charge in [-0.15, -0.1) is 5.10 Å². The van der Waals surface area contributed by atoms with E-state index in [-0.39, 0.29) is 24.8 Å². The topological polar surface area (TPSA) is 115 Å². The van der Waals surface area contributed by atoms with Gasteiger partial charge in [0.15, 0.2) is 5.82 Å². The molecule has 1 atom stereocenters. The van der Waals surface area contributed by atoms with Crippen LogP contribution < -0.4 is 10.3 Å². The highest BCUT2D eigenvalue weighted by Crippen LogP contribution is 2.26. The summed E-state index contributed by atoms with van der Waals surface area (Å²) in [6.45, 7) is 7.55. The number of benzene rings is 2. The molecule has 1 N–H and O–H groups in total. The average molecular weight is 519 g/mol. The molecule has 10 heteroatoms. The summed E-state index contributed by atoms with van der Waals surface area (Å²) in [5, 5.41) is 13.1. The summed E-state index contributed by atoms with van der Waals surface area (Å²) in [6.07, 6.45) is 1.45. The third-order valence-electron chi connectivity index (χ3n) is 6.38. The van der Waals surface area contributed by atoms with Gasteiger partial charge in [0.2, 0.25) is 0 Å². The fourth-order valence-electron chi connectivity index (χ4n) is 4.58. The van der Waals surface area contributed by atoms with Gasteiger partial charge in [-0.2, -0.15) is 0 Å². The van der Waals surface area contributed by atoms with Crippen molar-refractivity contribution in [1.29, 1.82) is 0 Å². The van der Waals surface area contributed by atoms with Gasteiger partial charge in [0, 0.05) is 29.6 Å². The van der Waals surface area contributed by atoms with Crippen LogP contribution in [0.1, 0.15) is 50.2 Å². The standard InChI is InChI=1S/C28H34N6O4/c1-4-25(27-30-31-32-34(27)19-26(35)38-6-3)33(15-14-20-10-8-7-9-11-20)18-22-16-21-17-23(37-5-2)12-13-24(21)29-28(22)36/h7-13,16-17,25H,4-6,14-15,18-19H2,1-3H3,(H,29,36)/t25-/m1/s1. The number of rotatable bonds is 13. The Morgan fingerprint density at radius 2 is 1.89 bits per heavy atom. The molecule has 10 nitrogen and oxygen atoms in total. The zero-order valence-corrected chi connectivity index (χ0v) is 22.1. The molecule has 0 spiro atoms. The normalized spacial score (nSPS) is 12.1. The molecule has 0 fully saturated rings. The van der Waals surface area contributed by atoms with Gasteiger partial charge in [-0.3, -0.25) is 14.5 Å². The third kappa shape index (κ3) is 6.63. The average Bonchev–Trinajstić information content (AvgIpc) is 3.36. The maximum atomic E-state index is 13.1. The highest BCUT2D eigenvalue weighted by atomic mass is 16.5. The third-order valence-corrected chi connectivity index (χ3v) is 6.38. The number of fused-ring (bicyclic) bond motifs is 1. The first-order valence-corrected chi connectivity index (χ1v) is 13.0.